The van der Waals surface area contributed by atoms with Crippen LogP contribution >= 0.6 is 0 Å². The van der Waals surface area contributed by atoms with Crippen molar-refractivity contribution in [3.8, 4) is 11.1 Å². The Morgan fingerprint density at radius 3 is 2.37 bits per heavy atom. The van der Waals surface area contributed by atoms with Gasteiger partial charge in [0.05, 0.1) is 5.56 Å². The van der Waals surface area contributed by atoms with Crippen LogP contribution in [0.3, 0.4) is 0 Å². The fourth-order valence-corrected chi connectivity index (χ4v) is 1.97. The Morgan fingerprint density at radius 1 is 1.00 bits per heavy atom. The molecule has 0 amide bonds. The van der Waals surface area contributed by atoms with E-state index in [9.17, 15) is 13.2 Å². The van der Waals surface area contributed by atoms with Gasteiger partial charge in [0.1, 0.15) is 0 Å². The van der Waals surface area contributed by atoms with Crippen LogP contribution in [0.2, 0.25) is 0 Å². The molecule has 2 rings (SSSR count). The summed E-state index contributed by atoms with van der Waals surface area (Å²) in [4.78, 5) is 0. The molecule has 0 fully saturated rings. The van der Waals surface area contributed by atoms with Crippen molar-refractivity contribution in [3.05, 3.63) is 65.7 Å². The minimum absolute atomic E-state index is 0.557. The molecule has 0 aromatic heterocycles. The predicted molar refractivity (Wildman–Crippen MR) is 71.7 cm³/mol. The van der Waals surface area contributed by atoms with Gasteiger partial charge >= 0.3 is 6.18 Å². The van der Waals surface area contributed by atoms with Crippen LogP contribution in [0.1, 0.15) is 16.7 Å². The Hall–Kier alpha value is -2.03. The summed E-state index contributed by atoms with van der Waals surface area (Å²) in [5.41, 5.74) is 2.58. The van der Waals surface area contributed by atoms with Crippen LogP contribution in [-0.2, 0) is 6.18 Å². The fourth-order valence-electron chi connectivity index (χ4n) is 1.97. The highest BCUT2D eigenvalue weighted by molar-refractivity contribution is 5.69. The van der Waals surface area contributed by atoms with Crippen LogP contribution in [-0.4, -0.2) is 0 Å². The van der Waals surface area contributed by atoms with Crippen LogP contribution in [0.4, 0.5) is 13.2 Å². The molecular weight excluding hydrogens is 249 g/mol. The second kappa shape index (κ2) is 4.92. The SMILES string of the molecule is C=Cc1cc(C)cc(-c2cccc(C(F)(F)F)c2)c1. The summed E-state index contributed by atoms with van der Waals surface area (Å²) in [7, 11) is 0. The van der Waals surface area contributed by atoms with Gasteiger partial charge in [0.2, 0.25) is 0 Å². The van der Waals surface area contributed by atoms with Crippen molar-refractivity contribution in [2.45, 2.75) is 13.1 Å². The zero-order valence-corrected chi connectivity index (χ0v) is 10.5. The molecule has 0 radical (unpaired) electrons. The number of hydrogen-bond acceptors (Lipinski definition) is 0. The average Bonchev–Trinajstić information content (AvgIpc) is 2.37. The molecule has 19 heavy (non-hydrogen) atoms. The quantitative estimate of drug-likeness (QED) is 0.686. The minimum Gasteiger partial charge on any atom is -0.166 e. The number of alkyl halides is 3. The van der Waals surface area contributed by atoms with Gasteiger partial charge in [0, 0.05) is 0 Å². The summed E-state index contributed by atoms with van der Waals surface area (Å²) >= 11 is 0. The lowest BCUT2D eigenvalue weighted by molar-refractivity contribution is -0.137. The molecule has 0 bridgehead atoms. The van der Waals surface area contributed by atoms with E-state index in [1.54, 1.807) is 12.1 Å². The molecule has 98 valence electrons. The third kappa shape index (κ3) is 3.05. The first-order chi connectivity index (χ1) is 8.90. The summed E-state index contributed by atoms with van der Waals surface area (Å²) in [5, 5.41) is 0. The maximum Gasteiger partial charge on any atom is 0.416 e. The molecule has 0 aliphatic rings. The van der Waals surface area contributed by atoms with Gasteiger partial charge < -0.3 is 0 Å². The van der Waals surface area contributed by atoms with E-state index in [4.69, 9.17) is 0 Å². The van der Waals surface area contributed by atoms with Crippen molar-refractivity contribution >= 4 is 6.08 Å². The number of benzene rings is 2. The second-order valence-corrected chi connectivity index (χ2v) is 4.42. The lowest BCUT2D eigenvalue weighted by atomic mass is 9.98. The third-order valence-electron chi connectivity index (χ3n) is 2.86. The summed E-state index contributed by atoms with van der Waals surface area (Å²) < 4.78 is 38.1. The first-order valence-electron chi connectivity index (χ1n) is 5.82. The van der Waals surface area contributed by atoms with Crippen molar-refractivity contribution in [2.75, 3.05) is 0 Å². The smallest absolute Gasteiger partial charge is 0.166 e. The third-order valence-corrected chi connectivity index (χ3v) is 2.86. The second-order valence-electron chi connectivity index (χ2n) is 4.42. The van der Waals surface area contributed by atoms with Gasteiger partial charge in [-0.3, -0.25) is 0 Å². The first-order valence-corrected chi connectivity index (χ1v) is 5.82. The van der Waals surface area contributed by atoms with Crippen LogP contribution in [0.15, 0.2) is 49.0 Å². The molecule has 3 heteroatoms. The Kier molecular flexibility index (Phi) is 3.47. The topological polar surface area (TPSA) is 0 Å². The van der Waals surface area contributed by atoms with Crippen LogP contribution in [0.5, 0.6) is 0 Å². The summed E-state index contributed by atoms with van der Waals surface area (Å²) in [6, 6.07) is 11.0. The van der Waals surface area contributed by atoms with E-state index in [0.717, 1.165) is 22.8 Å². The molecule has 0 heterocycles. The van der Waals surface area contributed by atoms with Crippen LogP contribution in [0, 0.1) is 6.92 Å². The van der Waals surface area contributed by atoms with Crippen molar-refractivity contribution in [1.29, 1.82) is 0 Å². The molecule has 0 unspecified atom stereocenters. The monoisotopic (exact) mass is 262 g/mol. The number of rotatable bonds is 2. The summed E-state index contributed by atoms with van der Waals surface area (Å²) in [5.74, 6) is 0. The molecule has 0 aliphatic heterocycles. The van der Waals surface area contributed by atoms with Crippen molar-refractivity contribution in [2.24, 2.45) is 0 Å². The maximum atomic E-state index is 12.7. The number of aryl methyl sites for hydroxylation is 1. The highest BCUT2D eigenvalue weighted by Gasteiger charge is 2.30. The normalized spacial score (nSPS) is 11.4. The lowest BCUT2D eigenvalue weighted by Crippen LogP contribution is -2.04. The van der Waals surface area contributed by atoms with Gasteiger partial charge in [-0.1, -0.05) is 36.9 Å². The summed E-state index contributed by atoms with van der Waals surface area (Å²) in [6.45, 7) is 5.59. The van der Waals surface area contributed by atoms with Gasteiger partial charge in [-0.25, -0.2) is 0 Å². The molecule has 0 N–H and O–H groups in total. The van der Waals surface area contributed by atoms with E-state index in [2.05, 4.69) is 6.58 Å². The van der Waals surface area contributed by atoms with Crippen LogP contribution < -0.4 is 0 Å². The lowest BCUT2D eigenvalue weighted by Gasteiger charge is -2.10. The number of hydrogen-bond donors (Lipinski definition) is 0. The van der Waals surface area contributed by atoms with Gasteiger partial charge in [-0.15, -0.1) is 0 Å². The number of halogens is 3. The highest BCUT2D eigenvalue weighted by Crippen LogP contribution is 2.32. The molecule has 0 atom stereocenters. The molecule has 2 aromatic carbocycles. The maximum absolute atomic E-state index is 12.7. The Bertz CT molecular complexity index is 610. The fraction of sp³-hybridized carbons (Fsp3) is 0.125. The van der Waals surface area contributed by atoms with E-state index >= 15 is 0 Å². The van der Waals surface area contributed by atoms with E-state index in [1.807, 2.05) is 25.1 Å². The van der Waals surface area contributed by atoms with Crippen LogP contribution in [0.25, 0.3) is 17.2 Å². The van der Waals surface area contributed by atoms with E-state index in [0.29, 0.717) is 5.56 Å². The molecule has 0 nitrogen and oxygen atoms in total. The van der Waals surface area contributed by atoms with Gasteiger partial charge in [0.15, 0.2) is 0 Å². The zero-order valence-electron chi connectivity index (χ0n) is 10.5. The predicted octanol–water partition coefficient (Wildman–Crippen LogP) is 5.32. The molecule has 2 aromatic rings. The average molecular weight is 262 g/mol. The Balaban J connectivity index is 2.53. The zero-order chi connectivity index (χ0) is 14.0. The largest absolute Gasteiger partial charge is 0.416 e. The molecule has 0 saturated carbocycles. The van der Waals surface area contributed by atoms with Gasteiger partial charge in [0.25, 0.3) is 0 Å². The first kappa shape index (κ1) is 13.4. The van der Waals surface area contributed by atoms with Crippen molar-refractivity contribution in [3.63, 3.8) is 0 Å². The van der Waals surface area contributed by atoms with E-state index < -0.39 is 11.7 Å². The van der Waals surface area contributed by atoms with Gasteiger partial charge in [-0.2, -0.15) is 13.2 Å². The molecule has 0 spiro atoms. The van der Waals surface area contributed by atoms with E-state index in [1.165, 1.54) is 12.1 Å². The Labute approximate surface area is 110 Å². The molecule has 0 aliphatic carbocycles. The Morgan fingerprint density at radius 2 is 1.74 bits per heavy atom. The highest BCUT2D eigenvalue weighted by atomic mass is 19.4. The van der Waals surface area contributed by atoms with E-state index in [-0.39, 0.29) is 0 Å². The van der Waals surface area contributed by atoms with Crippen molar-refractivity contribution in [1.82, 2.24) is 0 Å². The molecule has 0 saturated heterocycles. The molecular formula is C16H13F3. The standard InChI is InChI=1S/C16H13F3/c1-3-12-7-11(2)8-14(9-12)13-5-4-6-15(10-13)16(17,18)19/h3-10H,1H2,2H3. The van der Waals surface area contributed by atoms with Crippen molar-refractivity contribution < 1.29 is 13.2 Å². The van der Waals surface area contributed by atoms with Gasteiger partial charge in [-0.05, 0) is 47.4 Å². The summed E-state index contributed by atoms with van der Waals surface area (Å²) in [6.07, 6.45) is -2.63. The minimum atomic E-state index is -4.32.